The zero-order valence-electron chi connectivity index (χ0n) is 7.80. The van der Waals surface area contributed by atoms with E-state index in [9.17, 15) is 4.79 Å². The van der Waals surface area contributed by atoms with Crippen LogP contribution in [0.4, 0.5) is 0 Å². The van der Waals surface area contributed by atoms with Gasteiger partial charge in [0, 0.05) is 25.1 Å². The SMILES string of the molecule is COC(=O)c1cc(Br)cc2[nH]cc(I)c12. The van der Waals surface area contributed by atoms with Crippen molar-refractivity contribution in [1.29, 1.82) is 0 Å². The Bertz CT molecular complexity index is 535. The third kappa shape index (κ3) is 1.90. The van der Waals surface area contributed by atoms with E-state index >= 15 is 0 Å². The lowest BCUT2D eigenvalue weighted by atomic mass is 10.1. The van der Waals surface area contributed by atoms with Gasteiger partial charge >= 0.3 is 5.97 Å². The van der Waals surface area contributed by atoms with Gasteiger partial charge in [0.15, 0.2) is 0 Å². The molecule has 0 aliphatic heterocycles. The molecule has 0 atom stereocenters. The van der Waals surface area contributed by atoms with Crippen molar-refractivity contribution in [1.82, 2.24) is 4.98 Å². The molecule has 0 spiro atoms. The number of benzene rings is 1. The van der Waals surface area contributed by atoms with Crippen LogP contribution in [0.3, 0.4) is 0 Å². The summed E-state index contributed by atoms with van der Waals surface area (Å²) in [5.74, 6) is -0.321. The van der Waals surface area contributed by atoms with E-state index < -0.39 is 0 Å². The molecule has 78 valence electrons. The molecule has 0 bridgehead atoms. The van der Waals surface area contributed by atoms with E-state index in [0.29, 0.717) is 5.56 Å². The first-order chi connectivity index (χ1) is 7.13. The second kappa shape index (κ2) is 4.13. The van der Waals surface area contributed by atoms with Crippen molar-refractivity contribution >= 4 is 55.4 Å². The Kier molecular flexibility index (Phi) is 3.01. The van der Waals surface area contributed by atoms with Crippen molar-refractivity contribution in [3.05, 3.63) is 31.9 Å². The van der Waals surface area contributed by atoms with Crippen molar-refractivity contribution in [3.8, 4) is 0 Å². The average molecular weight is 380 g/mol. The second-order valence-electron chi connectivity index (χ2n) is 3.00. The number of aromatic amines is 1. The van der Waals surface area contributed by atoms with Crippen LogP contribution < -0.4 is 0 Å². The van der Waals surface area contributed by atoms with Crippen LogP contribution in [0.25, 0.3) is 10.9 Å². The number of hydrogen-bond donors (Lipinski definition) is 1. The number of carbonyl (C=O) groups excluding carboxylic acids is 1. The number of hydrogen-bond acceptors (Lipinski definition) is 2. The molecule has 0 saturated heterocycles. The van der Waals surface area contributed by atoms with Crippen molar-refractivity contribution in [2.75, 3.05) is 7.11 Å². The van der Waals surface area contributed by atoms with E-state index in [0.717, 1.165) is 18.9 Å². The first-order valence-electron chi connectivity index (χ1n) is 4.18. The molecule has 0 aliphatic rings. The number of aromatic nitrogens is 1. The van der Waals surface area contributed by atoms with Gasteiger partial charge in [-0.1, -0.05) is 15.9 Å². The molecule has 3 nitrogen and oxygen atoms in total. The molecule has 1 N–H and O–H groups in total. The lowest BCUT2D eigenvalue weighted by Gasteiger charge is -2.03. The largest absolute Gasteiger partial charge is 0.465 e. The first kappa shape index (κ1) is 10.9. The number of rotatable bonds is 1. The van der Waals surface area contributed by atoms with E-state index in [1.165, 1.54) is 7.11 Å². The normalized spacial score (nSPS) is 10.6. The summed E-state index contributed by atoms with van der Waals surface area (Å²) in [6, 6.07) is 3.70. The Hall–Kier alpha value is -0.560. The molecule has 15 heavy (non-hydrogen) atoms. The molecular formula is C10H7BrINO2. The Morgan fingerprint density at radius 2 is 2.27 bits per heavy atom. The quantitative estimate of drug-likeness (QED) is 0.610. The van der Waals surface area contributed by atoms with Crippen LogP contribution in [-0.4, -0.2) is 18.1 Å². The zero-order valence-corrected chi connectivity index (χ0v) is 11.5. The summed E-state index contributed by atoms with van der Waals surface area (Å²) in [5.41, 5.74) is 1.50. The predicted molar refractivity (Wildman–Crippen MR) is 70.1 cm³/mol. The number of halogens is 2. The van der Waals surface area contributed by atoms with Gasteiger partial charge < -0.3 is 9.72 Å². The summed E-state index contributed by atoms with van der Waals surface area (Å²) in [5, 5.41) is 0.908. The maximum absolute atomic E-state index is 11.6. The summed E-state index contributed by atoms with van der Waals surface area (Å²) >= 11 is 5.55. The Labute approximate surface area is 108 Å². The Morgan fingerprint density at radius 3 is 2.93 bits per heavy atom. The molecule has 0 fully saturated rings. The molecule has 1 heterocycles. The lowest BCUT2D eigenvalue weighted by Crippen LogP contribution is -2.02. The minimum atomic E-state index is -0.321. The van der Waals surface area contributed by atoms with Crippen LogP contribution in [-0.2, 0) is 4.74 Å². The highest BCUT2D eigenvalue weighted by Crippen LogP contribution is 2.28. The summed E-state index contributed by atoms with van der Waals surface area (Å²) in [4.78, 5) is 14.7. The van der Waals surface area contributed by atoms with E-state index in [2.05, 4.69) is 43.5 Å². The average Bonchev–Trinajstić information content (AvgIpc) is 2.58. The molecule has 1 aromatic heterocycles. The van der Waals surface area contributed by atoms with Gasteiger partial charge in [-0.25, -0.2) is 4.79 Å². The monoisotopic (exact) mass is 379 g/mol. The zero-order chi connectivity index (χ0) is 11.0. The highest BCUT2D eigenvalue weighted by atomic mass is 127. The van der Waals surface area contributed by atoms with E-state index in [-0.39, 0.29) is 5.97 Å². The molecule has 0 amide bonds. The summed E-state index contributed by atoms with van der Waals surface area (Å²) in [6.45, 7) is 0. The van der Waals surface area contributed by atoms with Crippen molar-refractivity contribution < 1.29 is 9.53 Å². The predicted octanol–water partition coefficient (Wildman–Crippen LogP) is 3.32. The molecular weight excluding hydrogens is 373 g/mol. The van der Waals surface area contributed by atoms with E-state index in [1.54, 1.807) is 6.07 Å². The molecule has 0 saturated carbocycles. The maximum atomic E-state index is 11.6. The third-order valence-electron chi connectivity index (χ3n) is 2.10. The molecule has 2 rings (SSSR count). The number of ether oxygens (including phenoxy) is 1. The number of methoxy groups -OCH3 is 1. The summed E-state index contributed by atoms with van der Waals surface area (Å²) < 4.78 is 6.61. The van der Waals surface area contributed by atoms with Crippen molar-refractivity contribution in [2.24, 2.45) is 0 Å². The van der Waals surface area contributed by atoms with Gasteiger partial charge in [-0.3, -0.25) is 0 Å². The number of carbonyl (C=O) groups is 1. The Morgan fingerprint density at radius 1 is 1.53 bits per heavy atom. The topological polar surface area (TPSA) is 42.1 Å². The Balaban J connectivity index is 2.80. The maximum Gasteiger partial charge on any atom is 0.338 e. The highest BCUT2D eigenvalue weighted by Gasteiger charge is 2.14. The molecule has 1 aromatic carbocycles. The third-order valence-corrected chi connectivity index (χ3v) is 3.41. The molecule has 5 heteroatoms. The molecule has 0 unspecified atom stereocenters. The van der Waals surface area contributed by atoms with Gasteiger partial charge in [0.25, 0.3) is 0 Å². The van der Waals surface area contributed by atoms with Crippen molar-refractivity contribution in [2.45, 2.75) is 0 Å². The summed E-state index contributed by atoms with van der Waals surface area (Å²) in [6.07, 6.45) is 1.87. The van der Waals surface area contributed by atoms with E-state index in [4.69, 9.17) is 4.74 Å². The van der Waals surface area contributed by atoms with Gasteiger partial charge in [-0.2, -0.15) is 0 Å². The minimum Gasteiger partial charge on any atom is -0.465 e. The fourth-order valence-electron chi connectivity index (χ4n) is 1.46. The van der Waals surface area contributed by atoms with Crippen LogP contribution in [0.5, 0.6) is 0 Å². The minimum absolute atomic E-state index is 0.321. The summed E-state index contributed by atoms with van der Waals surface area (Å²) in [7, 11) is 1.38. The van der Waals surface area contributed by atoms with Gasteiger partial charge in [0.05, 0.1) is 12.7 Å². The van der Waals surface area contributed by atoms with Crippen LogP contribution in [0.15, 0.2) is 22.8 Å². The molecule has 0 aliphatic carbocycles. The van der Waals surface area contributed by atoms with Gasteiger partial charge in [-0.05, 0) is 34.7 Å². The van der Waals surface area contributed by atoms with Gasteiger partial charge in [-0.15, -0.1) is 0 Å². The fourth-order valence-corrected chi connectivity index (χ4v) is 2.66. The molecule has 2 aromatic rings. The number of esters is 1. The van der Waals surface area contributed by atoms with Gasteiger partial charge in [0.2, 0.25) is 0 Å². The van der Waals surface area contributed by atoms with E-state index in [1.807, 2.05) is 12.3 Å². The van der Waals surface area contributed by atoms with Crippen LogP contribution in [0, 0.1) is 3.57 Å². The first-order valence-corrected chi connectivity index (χ1v) is 6.05. The lowest BCUT2D eigenvalue weighted by molar-refractivity contribution is 0.0603. The number of nitrogens with one attached hydrogen (secondary N) is 1. The molecule has 0 radical (unpaired) electrons. The highest BCUT2D eigenvalue weighted by molar-refractivity contribution is 14.1. The second-order valence-corrected chi connectivity index (χ2v) is 5.08. The smallest absolute Gasteiger partial charge is 0.338 e. The van der Waals surface area contributed by atoms with Crippen LogP contribution in [0.2, 0.25) is 0 Å². The number of H-pyrrole nitrogens is 1. The van der Waals surface area contributed by atoms with Crippen LogP contribution in [0.1, 0.15) is 10.4 Å². The standard InChI is InChI=1S/C10H7BrINO2/c1-15-10(14)6-2-5(11)3-8-9(6)7(12)4-13-8/h2-4,13H,1H3. The van der Waals surface area contributed by atoms with Crippen molar-refractivity contribution in [3.63, 3.8) is 0 Å². The van der Waals surface area contributed by atoms with Crippen LogP contribution >= 0.6 is 38.5 Å². The van der Waals surface area contributed by atoms with Gasteiger partial charge in [0.1, 0.15) is 0 Å². The fraction of sp³-hybridized carbons (Fsp3) is 0.100. The number of fused-ring (bicyclic) bond motifs is 1.